The topological polar surface area (TPSA) is 12.5 Å². The molecule has 0 N–H and O–H groups in total. The zero-order chi connectivity index (χ0) is 9.47. The van der Waals surface area contributed by atoms with Gasteiger partial charge in [0.15, 0.2) is 11.4 Å². The first-order valence-electron chi connectivity index (χ1n) is 4.79. The van der Waals surface area contributed by atoms with Crippen LogP contribution in [0.4, 0.5) is 5.69 Å². The van der Waals surface area contributed by atoms with Crippen molar-refractivity contribution in [3.05, 3.63) is 18.2 Å². The Bertz CT molecular complexity index is 336. The highest BCUT2D eigenvalue weighted by Gasteiger charge is 2.33. The second kappa shape index (κ2) is 3.79. The molecule has 1 aliphatic rings. The molecule has 1 heterocycles. The molecule has 0 radical (unpaired) electrons. The van der Waals surface area contributed by atoms with Gasteiger partial charge in [0.25, 0.3) is 0 Å². The largest absolute Gasteiger partial charge is 1.00 e. The number of quaternary nitrogens is 1. The SMILES string of the molecule is CCC[N+](C)(C)c1cccc2c1O2.[Cl-]. The number of fused-ring (bicyclic) bond motifs is 1. The molecule has 0 spiro atoms. The number of para-hydroxylation sites is 1. The molecule has 0 saturated carbocycles. The predicted molar refractivity (Wildman–Crippen MR) is 55.3 cm³/mol. The van der Waals surface area contributed by atoms with Gasteiger partial charge in [-0.25, -0.2) is 0 Å². The average molecular weight is 214 g/mol. The smallest absolute Gasteiger partial charge is 0.230 e. The van der Waals surface area contributed by atoms with E-state index in [2.05, 4.69) is 33.2 Å². The Kier molecular flexibility index (Phi) is 3.07. The summed E-state index contributed by atoms with van der Waals surface area (Å²) >= 11 is 0. The van der Waals surface area contributed by atoms with E-state index in [0.717, 1.165) is 22.5 Å². The van der Waals surface area contributed by atoms with Gasteiger partial charge in [-0.1, -0.05) is 13.0 Å². The van der Waals surface area contributed by atoms with Gasteiger partial charge in [0, 0.05) is 6.07 Å². The number of ether oxygens (including phenoxy) is 1. The quantitative estimate of drug-likeness (QED) is 0.507. The minimum Gasteiger partial charge on any atom is -1.00 e. The molecule has 14 heavy (non-hydrogen) atoms. The molecule has 0 bridgehead atoms. The Hall–Kier alpha value is -0.730. The Morgan fingerprint density at radius 2 is 2.00 bits per heavy atom. The maximum absolute atomic E-state index is 5.39. The highest BCUT2D eigenvalue weighted by molar-refractivity contribution is 5.71. The summed E-state index contributed by atoms with van der Waals surface area (Å²) in [5.41, 5.74) is 1.30. The maximum Gasteiger partial charge on any atom is 0.230 e. The van der Waals surface area contributed by atoms with E-state index < -0.39 is 0 Å². The molecule has 1 aromatic carbocycles. The van der Waals surface area contributed by atoms with Crippen molar-refractivity contribution in [3.8, 4) is 11.5 Å². The summed E-state index contributed by atoms with van der Waals surface area (Å²) in [6.07, 6.45) is 1.19. The van der Waals surface area contributed by atoms with Crippen molar-refractivity contribution >= 4 is 5.69 Å². The van der Waals surface area contributed by atoms with Gasteiger partial charge in [-0.05, 0) is 12.5 Å². The molecule has 3 heteroatoms. The fourth-order valence-corrected chi connectivity index (χ4v) is 1.83. The van der Waals surface area contributed by atoms with E-state index in [-0.39, 0.29) is 12.4 Å². The van der Waals surface area contributed by atoms with Crippen LogP contribution in [0.3, 0.4) is 0 Å². The summed E-state index contributed by atoms with van der Waals surface area (Å²) in [6, 6.07) is 6.24. The lowest BCUT2D eigenvalue weighted by Crippen LogP contribution is -3.00. The lowest BCUT2D eigenvalue weighted by Gasteiger charge is -2.27. The molecule has 0 saturated heterocycles. The lowest BCUT2D eigenvalue weighted by atomic mass is 10.2. The number of halogens is 1. The van der Waals surface area contributed by atoms with Gasteiger partial charge in [0.2, 0.25) is 5.75 Å². The molecule has 2 rings (SSSR count). The molecule has 0 amide bonds. The Morgan fingerprint density at radius 1 is 1.29 bits per heavy atom. The molecular weight excluding hydrogens is 198 g/mol. The van der Waals surface area contributed by atoms with Crippen LogP contribution in [-0.2, 0) is 0 Å². The molecule has 78 valence electrons. The number of rotatable bonds is 3. The molecule has 0 atom stereocenters. The molecule has 0 aliphatic carbocycles. The normalized spacial score (nSPS) is 12.5. The van der Waals surface area contributed by atoms with Gasteiger partial charge in [0.05, 0.1) is 20.6 Å². The molecule has 0 aromatic heterocycles. The lowest BCUT2D eigenvalue weighted by molar-refractivity contribution is -0.00000329. The van der Waals surface area contributed by atoms with Crippen molar-refractivity contribution in [2.45, 2.75) is 13.3 Å². The fraction of sp³-hybridized carbons (Fsp3) is 0.455. The highest BCUT2D eigenvalue weighted by atomic mass is 35.5. The van der Waals surface area contributed by atoms with Crippen LogP contribution < -0.4 is 21.6 Å². The van der Waals surface area contributed by atoms with E-state index in [1.165, 1.54) is 12.1 Å². The van der Waals surface area contributed by atoms with E-state index in [1.807, 2.05) is 6.07 Å². The summed E-state index contributed by atoms with van der Waals surface area (Å²) in [6.45, 7) is 3.36. The third-order valence-electron chi connectivity index (χ3n) is 2.56. The van der Waals surface area contributed by atoms with E-state index in [1.54, 1.807) is 0 Å². The third kappa shape index (κ3) is 1.86. The Balaban J connectivity index is 0.000000980. The molecule has 2 nitrogen and oxygen atoms in total. The highest BCUT2D eigenvalue weighted by Crippen LogP contribution is 2.53. The minimum atomic E-state index is 0. The average Bonchev–Trinajstić information content (AvgIpc) is 2.80. The van der Waals surface area contributed by atoms with Gasteiger partial charge >= 0.3 is 0 Å². The second-order valence-corrected chi connectivity index (χ2v) is 4.12. The first-order valence-corrected chi connectivity index (χ1v) is 4.79. The van der Waals surface area contributed by atoms with Gasteiger partial charge in [0.1, 0.15) is 0 Å². The molecule has 1 aliphatic heterocycles. The van der Waals surface area contributed by atoms with Crippen LogP contribution in [0.1, 0.15) is 13.3 Å². The summed E-state index contributed by atoms with van der Waals surface area (Å²) in [5, 5.41) is 0. The van der Waals surface area contributed by atoms with Crippen LogP contribution in [0.2, 0.25) is 0 Å². The number of hydrogen-bond donors (Lipinski definition) is 0. The van der Waals surface area contributed by atoms with Gasteiger partial charge < -0.3 is 17.1 Å². The van der Waals surface area contributed by atoms with Crippen LogP contribution in [0.5, 0.6) is 11.5 Å². The Morgan fingerprint density at radius 3 is 2.64 bits per heavy atom. The van der Waals surface area contributed by atoms with Gasteiger partial charge in [-0.15, -0.1) is 0 Å². The van der Waals surface area contributed by atoms with E-state index >= 15 is 0 Å². The van der Waals surface area contributed by atoms with E-state index in [4.69, 9.17) is 4.74 Å². The third-order valence-corrected chi connectivity index (χ3v) is 2.56. The van der Waals surface area contributed by atoms with Crippen LogP contribution in [0.25, 0.3) is 0 Å². The van der Waals surface area contributed by atoms with E-state index in [0.29, 0.717) is 0 Å². The van der Waals surface area contributed by atoms with E-state index in [9.17, 15) is 0 Å². The molecule has 1 aromatic rings. The molecular formula is C11H16ClNO. The fourth-order valence-electron chi connectivity index (χ4n) is 1.83. The first kappa shape index (κ1) is 11.3. The van der Waals surface area contributed by atoms with Crippen molar-refractivity contribution in [1.29, 1.82) is 0 Å². The van der Waals surface area contributed by atoms with Crippen LogP contribution in [0.15, 0.2) is 18.2 Å². The van der Waals surface area contributed by atoms with Crippen molar-refractivity contribution in [2.24, 2.45) is 0 Å². The maximum atomic E-state index is 5.39. The van der Waals surface area contributed by atoms with Crippen molar-refractivity contribution in [1.82, 2.24) is 4.48 Å². The van der Waals surface area contributed by atoms with Crippen molar-refractivity contribution < 1.29 is 17.1 Å². The number of hydrogen-bond acceptors (Lipinski definition) is 1. The van der Waals surface area contributed by atoms with Crippen LogP contribution >= 0.6 is 0 Å². The number of nitrogens with zero attached hydrogens (tertiary/aromatic N) is 1. The summed E-state index contributed by atoms with van der Waals surface area (Å²) < 4.78 is 6.30. The Labute approximate surface area is 91.5 Å². The number of benzene rings is 1. The summed E-state index contributed by atoms with van der Waals surface area (Å²) in [7, 11) is 4.45. The monoisotopic (exact) mass is 213 g/mol. The van der Waals surface area contributed by atoms with Crippen LogP contribution in [0, 0.1) is 0 Å². The summed E-state index contributed by atoms with van der Waals surface area (Å²) in [5.74, 6) is 2.15. The van der Waals surface area contributed by atoms with Gasteiger partial charge in [-0.3, -0.25) is 4.48 Å². The molecule has 0 fully saturated rings. The first-order chi connectivity index (χ1) is 6.15. The predicted octanol–water partition coefficient (Wildman–Crippen LogP) is -0.227. The van der Waals surface area contributed by atoms with Gasteiger partial charge in [-0.2, -0.15) is 0 Å². The minimum absolute atomic E-state index is 0. The van der Waals surface area contributed by atoms with Crippen LogP contribution in [-0.4, -0.2) is 20.6 Å². The zero-order valence-corrected chi connectivity index (χ0v) is 9.64. The zero-order valence-electron chi connectivity index (χ0n) is 8.88. The summed E-state index contributed by atoms with van der Waals surface area (Å²) in [4.78, 5) is 0. The van der Waals surface area contributed by atoms with Crippen molar-refractivity contribution in [3.63, 3.8) is 0 Å². The second-order valence-electron chi connectivity index (χ2n) is 4.12. The standard InChI is InChI=1S/C11H16NO.ClH/c1-4-8-12(2,3)9-6-5-7-10-11(9)13-10;/h5-7H,4,8H2,1-3H3;1H/q+1;/p-1. The molecule has 0 unspecified atom stereocenters. The van der Waals surface area contributed by atoms with Crippen molar-refractivity contribution in [2.75, 3.05) is 20.6 Å².